The van der Waals surface area contributed by atoms with Crippen LogP contribution in [0.1, 0.15) is 12.5 Å². The molecule has 6 heteroatoms. The van der Waals surface area contributed by atoms with E-state index in [4.69, 9.17) is 0 Å². The molecule has 128 valence electrons. The van der Waals surface area contributed by atoms with Gasteiger partial charge in [-0.25, -0.2) is 0 Å². The minimum atomic E-state index is -0.572. The highest BCUT2D eigenvalue weighted by atomic mass is 16.6. The molecule has 0 atom stereocenters. The molecule has 0 saturated carbocycles. The van der Waals surface area contributed by atoms with Gasteiger partial charge < -0.3 is 9.47 Å². The van der Waals surface area contributed by atoms with Crippen molar-refractivity contribution in [3.05, 3.63) is 80.6 Å². The van der Waals surface area contributed by atoms with Gasteiger partial charge in [-0.2, -0.15) is 0 Å². The van der Waals surface area contributed by atoms with Crippen LogP contribution in [-0.2, 0) is 13.1 Å². The van der Waals surface area contributed by atoms with Crippen LogP contribution in [0.2, 0.25) is 0 Å². The normalized spacial score (nSPS) is 10.8. The maximum Gasteiger partial charge on any atom is 0.357 e. The first-order chi connectivity index (χ1) is 12.0. The Morgan fingerprint density at radius 3 is 2.36 bits per heavy atom. The Bertz CT molecular complexity index is 980. The Morgan fingerprint density at radius 2 is 1.72 bits per heavy atom. The van der Waals surface area contributed by atoms with Crippen LogP contribution in [0.4, 0.5) is 11.4 Å². The van der Waals surface area contributed by atoms with Gasteiger partial charge in [0.25, 0.3) is 0 Å². The summed E-state index contributed by atoms with van der Waals surface area (Å²) in [5, 5.41) is 12.4. The predicted molar refractivity (Wildman–Crippen MR) is 99.1 cm³/mol. The minimum absolute atomic E-state index is 0.360. The summed E-state index contributed by atoms with van der Waals surface area (Å²) in [6.45, 7) is 2.66. The van der Waals surface area contributed by atoms with E-state index >= 15 is 0 Å². The molecule has 0 aliphatic heterocycles. The average Bonchev–Trinajstić information content (AvgIpc) is 2.61. The second-order valence-electron chi connectivity index (χ2n) is 5.86. The summed E-state index contributed by atoms with van der Waals surface area (Å²) in [5.41, 5.74) is 1.14. The van der Waals surface area contributed by atoms with Gasteiger partial charge in [-0.3, -0.25) is 14.9 Å². The third-order valence-corrected chi connectivity index (χ3v) is 4.27. The number of nitrogens with zero attached hydrogens (tertiary/aromatic N) is 3. The average molecular weight is 337 g/mol. The van der Waals surface area contributed by atoms with Crippen LogP contribution >= 0.6 is 0 Å². The van der Waals surface area contributed by atoms with Crippen LogP contribution < -0.4 is 10.5 Å². The number of anilines is 1. The molecular weight excluding hydrogens is 318 g/mol. The second kappa shape index (κ2) is 6.76. The molecule has 0 spiro atoms. The van der Waals surface area contributed by atoms with E-state index in [1.165, 1.54) is 4.57 Å². The Balaban J connectivity index is 2.27. The second-order valence-corrected chi connectivity index (χ2v) is 5.86. The van der Waals surface area contributed by atoms with Crippen molar-refractivity contribution in [2.45, 2.75) is 20.0 Å². The van der Waals surface area contributed by atoms with Gasteiger partial charge in [-0.1, -0.05) is 48.5 Å². The lowest BCUT2D eigenvalue weighted by Crippen LogP contribution is -2.27. The lowest BCUT2D eigenvalue weighted by atomic mass is 10.1. The number of hydrogen-bond acceptors (Lipinski definition) is 4. The van der Waals surface area contributed by atoms with Gasteiger partial charge in [0.2, 0.25) is 0 Å². The van der Waals surface area contributed by atoms with Gasteiger partial charge in [0, 0.05) is 25.5 Å². The lowest BCUT2D eigenvalue weighted by Gasteiger charge is -2.22. The van der Waals surface area contributed by atoms with Crippen molar-refractivity contribution in [1.29, 1.82) is 0 Å². The molecule has 6 nitrogen and oxygen atoms in total. The molecule has 0 N–H and O–H groups in total. The molecule has 0 aliphatic carbocycles. The zero-order valence-electron chi connectivity index (χ0n) is 14.2. The summed E-state index contributed by atoms with van der Waals surface area (Å²) in [6.07, 6.45) is 0. The maximum absolute atomic E-state index is 12.7. The van der Waals surface area contributed by atoms with Crippen molar-refractivity contribution in [3.8, 4) is 0 Å². The molecule has 1 heterocycles. The molecule has 3 aromatic rings. The van der Waals surface area contributed by atoms with Crippen molar-refractivity contribution >= 4 is 22.3 Å². The zero-order valence-corrected chi connectivity index (χ0v) is 14.2. The summed E-state index contributed by atoms with van der Waals surface area (Å²) in [7, 11) is 1.78. The first-order valence-electron chi connectivity index (χ1n) is 8.09. The van der Waals surface area contributed by atoms with Gasteiger partial charge in [0.05, 0.1) is 10.4 Å². The number of nitro groups is 1. The first-order valence-corrected chi connectivity index (χ1v) is 8.09. The zero-order chi connectivity index (χ0) is 18.0. The third kappa shape index (κ3) is 2.98. The molecule has 3 rings (SSSR count). The fraction of sp³-hybridized carbons (Fsp3) is 0.211. The van der Waals surface area contributed by atoms with Gasteiger partial charge in [0.15, 0.2) is 0 Å². The van der Waals surface area contributed by atoms with E-state index in [0.717, 1.165) is 5.56 Å². The van der Waals surface area contributed by atoms with Crippen molar-refractivity contribution in [3.63, 3.8) is 0 Å². The molecule has 0 unspecified atom stereocenters. The van der Waals surface area contributed by atoms with Crippen LogP contribution in [0.25, 0.3) is 10.9 Å². The smallest absolute Gasteiger partial charge is 0.357 e. The summed E-state index contributed by atoms with van der Waals surface area (Å²) >= 11 is 0. The Kier molecular flexibility index (Phi) is 4.52. The lowest BCUT2D eigenvalue weighted by molar-refractivity contribution is -0.385. The number of para-hydroxylation sites is 1. The molecule has 1 aromatic heterocycles. The molecule has 0 aliphatic rings. The predicted octanol–water partition coefficient (Wildman–Crippen LogP) is 3.57. The Labute approximate surface area is 145 Å². The van der Waals surface area contributed by atoms with Crippen molar-refractivity contribution in [1.82, 2.24) is 4.57 Å². The van der Waals surface area contributed by atoms with Crippen LogP contribution in [0, 0.1) is 10.1 Å². The minimum Gasteiger partial charge on any atom is -0.364 e. The van der Waals surface area contributed by atoms with Crippen molar-refractivity contribution < 1.29 is 4.92 Å². The SMILES string of the molecule is CCn1c(=O)c([N+](=O)[O-])c(N(C)Cc2ccccc2)c2ccccc21. The molecule has 0 bridgehead atoms. The van der Waals surface area contributed by atoms with Gasteiger partial charge >= 0.3 is 11.2 Å². The van der Waals surface area contributed by atoms with E-state index in [1.807, 2.05) is 61.5 Å². The summed E-state index contributed by atoms with van der Waals surface area (Å²) in [6, 6.07) is 17.0. The Morgan fingerprint density at radius 1 is 1.08 bits per heavy atom. The monoisotopic (exact) mass is 337 g/mol. The topological polar surface area (TPSA) is 68.4 Å². The number of fused-ring (bicyclic) bond motifs is 1. The Hall–Kier alpha value is -3.15. The number of pyridine rings is 1. The van der Waals surface area contributed by atoms with E-state index in [-0.39, 0.29) is 5.69 Å². The van der Waals surface area contributed by atoms with E-state index in [2.05, 4.69) is 0 Å². The largest absolute Gasteiger partial charge is 0.364 e. The highest BCUT2D eigenvalue weighted by molar-refractivity contribution is 5.96. The maximum atomic E-state index is 12.7. The van der Waals surface area contributed by atoms with E-state index in [0.29, 0.717) is 29.7 Å². The van der Waals surface area contributed by atoms with Crippen LogP contribution in [0.3, 0.4) is 0 Å². The van der Waals surface area contributed by atoms with Gasteiger partial charge in [-0.05, 0) is 18.6 Å². The summed E-state index contributed by atoms with van der Waals surface area (Å²) < 4.78 is 1.45. The van der Waals surface area contributed by atoms with Crippen LogP contribution in [0.15, 0.2) is 59.4 Å². The molecule has 0 amide bonds. The molecule has 25 heavy (non-hydrogen) atoms. The van der Waals surface area contributed by atoms with E-state index in [1.54, 1.807) is 11.9 Å². The fourth-order valence-electron chi connectivity index (χ4n) is 3.18. The van der Waals surface area contributed by atoms with E-state index < -0.39 is 10.5 Å². The van der Waals surface area contributed by atoms with Crippen molar-refractivity contribution in [2.75, 3.05) is 11.9 Å². The third-order valence-electron chi connectivity index (χ3n) is 4.27. The van der Waals surface area contributed by atoms with Gasteiger partial charge in [0.1, 0.15) is 5.69 Å². The standard InChI is InChI=1S/C19H19N3O3/c1-3-21-16-12-8-7-11-15(16)17(18(19(21)23)22(24)25)20(2)13-14-9-5-4-6-10-14/h4-12H,3,13H2,1-2H3. The van der Waals surface area contributed by atoms with E-state index in [9.17, 15) is 14.9 Å². The molecule has 0 radical (unpaired) electrons. The highest BCUT2D eigenvalue weighted by Crippen LogP contribution is 2.33. The summed E-state index contributed by atoms with van der Waals surface area (Å²) in [5.74, 6) is 0. The number of aromatic nitrogens is 1. The number of aryl methyl sites for hydroxylation is 1. The van der Waals surface area contributed by atoms with Crippen molar-refractivity contribution in [2.24, 2.45) is 0 Å². The first kappa shape index (κ1) is 16.7. The molecule has 0 saturated heterocycles. The fourth-order valence-corrected chi connectivity index (χ4v) is 3.18. The van der Waals surface area contributed by atoms with Crippen LogP contribution in [0.5, 0.6) is 0 Å². The molecular formula is C19H19N3O3. The quantitative estimate of drug-likeness (QED) is 0.527. The summed E-state index contributed by atoms with van der Waals surface area (Å²) in [4.78, 5) is 25.6. The molecule has 0 fully saturated rings. The van der Waals surface area contributed by atoms with Gasteiger partial charge in [-0.15, -0.1) is 0 Å². The highest BCUT2D eigenvalue weighted by Gasteiger charge is 2.27. The number of benzene rings is 2. The number of hydrogen-bond donors (Lipinski definition) is 0. The number of rotatable bonds is 5. The molecule has 2 aromatic carbocycles. The van der Waals surface area contributed by atoms with Crippen LogP contribution in [-0.4, -0.2) is 16.5 Å².